The summed E-state index contributed by atoms with van der Waals surface area (Å²) in [7, 11) is 1.34. The SMILES string of the molecule is Cc1oc(C(=O)OC2CCCC(C)C2)cc1S(=O)(=O)Cl. The van der Waals surface area contributed by atoms with Gasteiger partial charge in [0.15, 0.2) is 0 Å². The minimum Gasteiger partial charge on any atom is -0.457 e. The number of esters is 1. The second kappa shape index (κ2) is 5.77. The summed E-state index contributed by atoms with van der Waals surface area (Å²) in [5, 5.41) is 0. The number of carbonyl (C=O) groups is 1. The molecular weight excluding hydrogens is 304 g/mol. The van der Waals surface area contributed by atoms with E-state index in [0.717, 1.165) is 31.7 Å². The fourth-order valence-electron chi connectivity index (χ4n) is 2.50. The Kier molecular flexibility index (Phi) is 4.44. The highest BCUT2D eigenvalue weighted by molar-refractivity contribution is 8.13. The van der Waals surface area contributed by atoms with Gasteiger partial charge in [0, 0.05) is 16.7 Å². The Balaban J connectivity index is 2.10. The van der Waals surface area contributed by atoms with Crippen molar-refractivity contribution in [2.24, 2.45) is 5.92 Å². The van der Waals surface area contributed by atoms with Crippen LogP contribution >= 0.6 is 10.7 Å². The Morgan fingerprint density at radius 2 is 2.15 bits per heavy atom. The molecule has 20 heavy (non-hydrogen) atoms. The summed E-state index contributed by atoms with van der Waals surface area (Å²) in [5.41, 5.74) is 0. The molecule has 0 aromatic carbocycles. The number of carbonyl (C=O) groups excluding carboxylic acids is 1. The maximum atomic E-state index is 12.0. The lowest BCUT2D eigenvalue weighted by molar-refractivity contribution is 0.0121. The zero-order valence-corrected chi connectivity index (χ0v) is 13.0. The van der Waals surface area contributed by atoms with Gasteiger partial charge in [0.1, 0.15) is 16.8 Å². The van der Waals surface area contributed by atoms with Crippen LogP contribution in [-0.2, 0) is 13.8 Å². The second-order valence-corrected chi connectivity index (χ2v) is 7.80. The molecule has 2 rings (SSSR count). The smallest absolute Gasteiger partial charge is 0.374 e. The molecule has 7 heteroatoms. The van der Waals surface area contributed by atoms with Crippen molar-refractivity contribution in [3.05, 3.63) is 17.6 Å². The van der Waals surface area contributed by atoms with E-state index in [1.165, 1.54) is 6.92 Å². The van der Waals surface area contributed by atoms with E-state index in [2.05, 4.69) is 6.92 Å². The van der Waals surface area contributed by atoms with Crippen molar-refractivity contribution in [1.82, 2.24) is 0 Å². The first-order valence-corrected chi connectivity index (χ1v) is 8.84. The molecule has 0 amide bonds. The highest BCUT2D eigenvalue weighted by Crippen LogP contribution is 2.28. The van der Waals surface area contributed by atoms with Gasteiger partial charge < -0.3 is 9.15 Å². The Morgan fingerprint density at radius 1 is 1.45 bits per heavy atom. The first kappa shape index (κ1) is 15.4. The van der Waals surface area contributed by atoms with E-state index in [9.17, 15) is 13.2 Å². The third-order valence-corrected chi connectivity index (χ3v) is 4.93. The quantitative estimate of drug-likeness (QED) is 0.631. The zero-order valence-electron chi connectivity index (χ0n) is 11.4. The minimum absolute atomic E-state index is 0.0870. The number of rotatable bonds is 3. The second-order valence-electron chi connectivity index (χ2n) is 5.27. The van der Waals surface area contributed by atoms with Crippen molar-refractivity contribution < 1.29 is 22.4 Å². The van der Waals surface area contributed by atoms with Gasteiger partial charge in [-0.25, -0.2) is 13.2 Å². The van der Waals surface area contributed by atoms with Crippen LogP contribution in [0.3, 0.4) is 0 Å². The van der Waals surface area contributed by atoms with Crippen molar-refractivity contribution in [3.63, 3.8) is 0 Å². The van der Waals surface area contributed by atoms with Gasteiger partial charge in [-0.15, -0.1) is 0 Å². The summed E-state index contributed by atoms with van der Waals surface area (Å²) in [5.74, 6) is -0.152. The van der Waals surface area contributed by atoms with Crippen LogP contribution in [-0.4, -0.2) is 20.5 Å². The van der Waals surface area contributed by atoms with Gasteiger partial charge in [-0.3, -0.25) is 0 Å². The third kappa shape index (κ3) is 3.55. The number of hydrogen-bond acceptors (Lipinski definition) is 5. The van der Waals surface area contributed by atoms with Crippen LogP contribution < -0.4 is 0 Å². The molecule has 112 valence electrons. The van der Waals surface area contributed by atoms with Gasteiger partial charge in [-0.2, -0.15) is 0 Å². The maximum absolute atomic E-state index is 12.0. The molecule has 2 atom stereocenters. The van der Waals surface area contributed by atoms with Crippen LogP contribution in [0.25, 0.3) is 0 Å². The lowest BCUT2D eigenvalue weighted by Gasteiger charge is -2.26. The fraction of sp³-hybridized carbons (Fsp3) is 0.615. The van der Waals surface area contributed by atoms with Crippen LogP contribution in [0, 0.1) is 12.8 Å². The molecule has 1 aromatic heterocycles. The van der Waals surface area contributed by atoms with Crippen molar-refractivity contribution in [3.8, 4) is 0 Å². The average molecular weight is 321 g/mol. The summed E-state index contributed by atoms with van der Waals surface area (Å²) in [6.07, 6.45) is 3.69. The van der Waals surface area contributed by atoms with E-state index in [4.69, 9.17) is 19.8 Å². The summed E-state index contributed by atoms with van der Waals surface area (Å²) >= 11 is 0. The summed E-state index contributed by atoms with van der Waals surface area (Å²) in [4.78, 5) is 11.8. The van der Waals surface area contributed by atoms with Crippen LogP contribution in [0.2, 0.25) is 0 Å². The molecule has 5 nitrogen and oxygen atoms in total. The van der Waals surface area contributed by atoms with Crippen LogP contribution in [0.1, 0.15) is 48.9 Å². The molecule has 0 radical (unpaired) electrons. The first-order chi connectivity index (χ1) is 9.27. The molecule has 1 heterocycles. The van der Waals surface area contributed by atoms with Crippen LogP contribution in [0.4, 0.5) is 0 Å². The molecule has 1 aliphatic carbocycles. The largest absolute Gasteiger partial charge is 0.457 e. The van der Waals surface area contributed by atoms with E-state index in [-0.39, 0.29) is 22.5 Å². The highest BCUT2D eigenvalue weighted by Gasteiger charge is 2.27. The number of furan rings is 1. The van der Waals surface area contributed by atoms with Gasteiger partial charge in [-0.05, 0) is 32.1 Å². The Morgan fingerprint density at radius 3 is 2.70 bits per heavy atom. The molecular formula is C13H17ClO5S. The van der Waals surface area contributed by atoms with E-state index in [0.29, 0.717) is 5.92 Å². The molecule has 0 saturated heterocycles. The molecule has 1 saturated carbocycles. The molecule has 1 fully saturated rings. The lowest BCUT2D eigenvalue weighted by Crippen LogP contribution is -2.24. The van der Waals surface area contributed by atoms with Gasteiger partial charge in [0.2, 0.25) is 5.76 Å². The molecule has 2 unspecified atom stereocenters. The molecule has 0 spiro atoms. The number of halogens is 1. The molecule has 0 bridgehead atoms. The molecule has 1 aliphatic rings. The van der Waals surface area contributed by atoms with Crippen molar-refractivity contribution in [2.45, 2.75) is 50.5 Å². The fourth-order valence-corrected chi connectivity index (χ4v) is 3.60. The third-order valence-electron chi connectivity index (χ3n) is 3.50. The predicted molar refractivity (Wildman–Crippen MR) is 73.3 cm³/mol. The molecule has 0 N–H and O–H groups in total. The van der Waals surface area contributed by atoms with Crippen LogP contribution in [0.5, 0.6) is 0 Å². The predicted octanol–water partition coefficient (Wildman–Crippen LogP) is 3.25. The van der Waals surface area contributed by atoms with E-state index in [1.54, 1.807) is 0 Å². The van der Waals surface area contributed by atoms with Crippen molar-refractivity contribution in [2.75, 3.05) is 0 Å². The lowest BCUT2D eigenvalue weighted by atomic mass is 9.89. The first-order valence-electron chi connectivity index (χ1n) is 6.53. The maximum Gasteiger partial charge on any atom is 0.374 e. The van der Waals surface area contributed by atoms with Gasteiger partial charge in [0.25, 0.3) is 9.05 Å². The zero-order chi connectivity index (χ0) is 14.9. The summed E-state index contributed by atoms with van der Waals surface area (Å²) in [6, 6.07) is 1.12. The van der Waals surface area contributed by atoms with E-state index >= 15 is 0 Å². The number of ether oxygens (including phenoxy) is 1. The number of hydrogen-bond donors (Lipinski definition) is 0. The van der Waals surface area contributed by atoms with E-state index < -0.39 is 15.0 Å². The van der Waals surface area contributed by atoms with Crippen molar-refractivity contribution >= 4 is 25.7 Å². The average Bonchev–Trinajstić information content (AvgIpc) is 2.71. The number of aryl methyl sites for hydroxylation is 1. The summed E-state index contributed by atoms with van der Waals surface area (Å²) < 4.78 is 33.0. The molecule has 1 aromatic rings. The Hall–Kier alpha value is -1.01. The van der Waals surface area contributed by atoms with E-state index in [1.807, 2.05) is 0 Å². The van der Waals surface area contributed by atoms with Gasteiger partial charge in [0.05, 0.1) is 0 Å². The van der Waals surface area contributed by atoms with Crippen molar-refractivity contribution in [1.29, 1.82) is 0 Å². The summed E-state index contributed by atoms with van der Waals surface area (Å²) in [6.45, 7) is 3.56. The monoisotopic (exact) mass is 320 g/mol. The highest BCUT2D eigenvalue weighted by atomic mass is 35.7. The topological polar surface area (TPSA) is 73.6 Å². The standard InChI is InChI=1S/C13H17ClO5S/c1-8-4-3-5-10(6-8)19-13(15)11-7-12(9(2)18-11)20(14,16)17/h7-8,10H,3-6H2,1-2H3. The minimum atomic E-state index is -3.92. The normalized spacial score (nSPS) is 23.6. The van der Waals surface area contributed by atoms with Crippen LogP contribution in [0.15, 0.2) is 15.4 Å². The van der Waals surface area contributed by atoms with Gasteiger partial charge >= 0.3 is 5.97 Å². The van der Waals surface area contributed by atoms with Gasteiger partial charge in [-0.1, -0.05) is 13.3 Å². The molecule has 0 aliphatic heterocycles. The Bertz CT molecular complexity index is 604. The Labute approximate surface area is 122 Å².